The summed E-state index contributed by atoms with van der Waals surface area (Å²) in [5, 5.41) is 3.63. The highest BCUT2D eigenvalue weighted by molar-refractivity contribution is 5.56. The van der Waals surface area contributed by atoms with Crippen molar-refractivity contribution >= 4 is 6.21 Å². The Kier molecular flexibility index (Phi) is 9.22. The molecule has 0 aliphatic carbocycles. The molecule has 1 radical (unpaired) electrons. The van der Waals surface area contributed by atoms with Crippen molar-refractivity contribution in [3.63, 3.8) is 0 Å². The SMILES string of the molecule is [CH2]CC#CCCCC/C=N/OC. The minimum absolute atomic E-state index is 0.713. The smallest absolute Gasteiger partial charge is 0.106 e. The van der Waals surface area contributed by atoms with Crippen molar-refractivity contribution in [3.05, 3.63) is 6.92 Å². The van der Waals surface area contributed by atoms with Crippen LogP contribution < -0.4 is 0 Å². The van der Waals surface area contributed by atoms with Crippen LogP contribution in [0.2, 0.25) is 0 Å². The lowest BCUT2D eigenvalue weighted by molar-refractivity contribution is 0.214. The third kappa shape index (κ3) is 9.03. The summed E-state index contributed by atoms with van der Waals surface area (Å²) in [7, 11) is 1.55. The standard InChI is InChI=1S/C10H16NO/c1-3-4-5-6-7-8-9-10-11-12-2/h10H,1,3,6-9H2,2H3/b11-10+. The zero-order valence-corrected chi connectivity index (χ0v) is 7.68. The van der Waals surface area contributed by atoms with E-state index in [0.29, 0.717) is 6.42 Å². The lowest BCUT2D eigenvalue weighted by Crippen LogP contribution is -1.78. The molecule has 0 fully saturated rings. The van der Waals surface area contributed by atoms with Crippen molar-refractivity contribution in [2.24, 2.45) is 5.16 Å². The number of unbranched alkanes of at least 4 members (excludes halogenated alkanes) is 3. The van der Waals surface area contributed by atoms with Gasteiger partial charge in [0.05, 0.1) is 0 Å². The fraction of sp³-hybridized carbons (Fsp3) is 0.600. The van der Waals surface area contributed by atoms with Gasteiger partial charge in [0.2, 0.25) is 0 Å². The van der Waals surface area contributed by atoms with Crippen LogP contribution in [0.1, 0.15) is 32.1 Å². The van der Waals surface area contributed by atoms with Crippen LogP contribution in [0.3, 0.4) is 0 Å². The predicted octanol–water partition coefficient (Wildman–Crippen LogP) is 2.41. The van der Waals surface area contributed by atoms with Crippen LogP contribution in [0, 0.1) is 18.8 Å². The number of nitrogens with zero attached hydrogens (tertiary/aromatic N) is 1. The minimum Gasteiger partial charge on any atom is -0.399 e. The second kappa shape index (κ2) is 10.0. The quantitative estimate of drug-likeness (QED) is 0.266. The number of oxime groups is 1. The Bertz CT molecular complexity index is 164. The molecule has 0 heterocycles. The van der Waals surface area contributed by atoms with Crippen molar-refractivity contribution < 1.29 is 4.84 Å². The molecule has 0 amide bonds. The Morgan fingerprint density at radius 1 is 1.42 bits per heavy atom. The highest BCUT2D eigenvalue weighted by Crippen LogP contribution is 1.96. The molecule has 0 saturated carbocycles. The predicted molar refractivity (Wildman–Crippen MR) is 51.7 cm³/mol. The van der Waals surface area contributed by atoms with Gasteiger partial charge in [0.1, 0.15) is 7.11 Å². The first-order chi connectivity index (χ1) is 5.91. The Morgan fingerprint density at radius 2 is 2.25 bits per heavy atom. The van der Waals surface area contributed by atoms with Gasteiger partial charge in [0.25, 0.3) is 0 Å². The molecule has 0 rings (SSSR count). The first-order valence-corrected chi connectivity index (χ1v) is 4.21. The number of hydrogen-bond acceptors (Lipinski definition) is 2. The summed E-state index contributed by atoms with van der Waals surface area (Å²) in [4.78, 5) is 4.52. The van der Waals surface area contributed by atoms with Crippen molar-refractivity contribution in [2.45, 2.75) is 32.1 Å². The zero-order valence-electron chi connectivity index (χ0n) is 7.68. The molecule has 2 nitrogen and oxygen atoms in total. The van der Waals surface area contributed by atoms with Gasteiger partial charge in [-0.1, -0.05) is 5.16 Å². The van der Waals surface area contributed by atoms with Crippen molar-refractivity contribution in [2.75, 3.05) is 7.11 Å². The maximum atomic E-state index is 4.52. The van der Waals surface area contributed by atoms with Gasteiger partial charge in [0.15, 0.2) is 0 Å². The molecule has 67 valence electrons. The van der Waals surface area contributed by atoms with Crippen LogP contribution >= 0.6 is 0 Å². The van der Waals surface area contributed by atoms with Crippen molar-refractivity contribution in [1.29, 1.82) is 0 Å². The van der Waals surface area contributed by atoms with Gasteiger partial charge in [-0.3, -0.25) is 0 Å². The molecule has 0 aromatic rings. The van der Waals surface area contributed by atoms with E-state index in [1.807, 2.05) is 0 Å². The van der Waals surface area contributed by atoms with E-state index in [2.05, 4.69) is 28.8 Å². The second-order valence-corrected chi connectivity index (χ2v) is 2.32. The highest BCUT2D eigenvalue weighted by Gasteiger charge is 1.83. The molecule has 12 heavy (non-hydrogen) atoms. The van der Waals surface area contributed by atoms with E-state index in [9.17, 15) is 0 Å². The summed E-state index contributed by atoms with van der Waals surface area (Å²) < 4.78 is 0. The maximum Gasteiger partial charge on any atom is 0.106 e. The Hall–Kier alpha value is -0.970. The van der Waals surface area contributed by atoms with E-state index in [1.165, 1.54) is 0 Å². The lowest BCUT2D eigenvalue weighted by atomic mass is 10.2. The summed E-state index contributed by atoms with van der Waals surface area (Å²) in [6.07, 6.45) is 6.69. The first kappa shape index (κ1) is 11.0. The average molecular weight is 166 g/mol. The fourth-order valence-corrected chi connectivity index (χ4v) is 0.753. The summed E-state index contributed by atoms with van der Waals surface area (Å²) in [6.45, 7) is 3.63. The molecule has 0 N–H and O–H groups in total. The molecule has 0 saturated heterocycles. The van der Waals surface area contributed by atoms with Gasteiger partial charge in [-0.25, -0.2) is 0 Å². The topological polar surface area (TPSA) is 21.6 Å². The third-order valence-corrected chi connectivity index (χ3v) is 1.31. The van der Waals surface area contributed by atoms with Crippen LogP contribution in [-0.4, -0.2) is 13.3 Å². The van der Waals surface area contributed by atoms with E-state index >= 15 is 0 Å². The normalized spacial score (nSPS) is 9.50. The summed E-state index contributed by atoms with van der Waals surface area (Å²) in [6, 6.07) is 0. The molecule has 0 bridgehead atoms. The van der Waals surface area contributed by atoms with Crippen LogP contribution in [0.15, 0.2) is 5.16 Å². The molecule has 0 spiro atoms. The third-order valence-electron chi connectivity index (χ3n) is 1.31. The fourth-order valence-electron chi connectivity index (χ4n) is 0.753. The lowest BCUT2D eigenvalue weighted by Gasteiger charge is -1.90. The van der Waals surface area contributed by atoms with Crippen LogP contribution in [0.4, 0.5) is 0 Å². The Morgan fingerprint density at radius 3 is 2.92 bits per heavy atom. The average Bonchev–Trinajstić information content (AvgIpc) is 2.10. The molecule has 0 atom stereocenters. The summed E-state index contributed by atoms with van der Waals surface area (Å²) in [5.74, 6) is 5.97. The number of hydrogen-bond donors (Lipinski definition) is 0. The van der Waals surface area contributed by atoms with Crippen LogP contribution in [0.5, 0.6) is 0 Å². The van der Waals surface area contributed by atoms with Gasteiger partial charge in [-0.2, -0.15) is 0 Å². The molecular weight excluding hydrogens is 150 g/mol. The molecule has 0 unspecified atom stereocenters. The van der Waals surface area contributed by atoms with Gasteiger partial charge in [-0.15, -0.1) is 11.8 Å². The molecule has 2 heteroatoms. The largest absolute Gasteiger partial charge is 0.399 e. The van der Waals surface area contributed by atoms with E-state index in [-0.39, 0.29) is 0 Å². The van der Waals surface area contributed by atoms with E-state index in [1.54, 1.807) is 13.3 Å². The monoisotopic (exact) mass is 166 g/mol. The maximum absolute atomic E-state index is 4.52. The molecule has 0 aromatic heterocycles. The van der Waals surface area contributed by atoms with Crippen molar-refractivity contribution in [1.82, 2.24) is 0 Å². The molecule has 0 aliphatic heterocycles. The Labute approximate surface area is 75.0 Å². The van der Waals surface area contributed by atoms with E-state index in [4.69, 9.17) is 0 Å². The number of rotatable bonds is 5. The van der Waals surface area contributed by atoms with Crippen LogP contribution in [0.25, 0.3) is 0 Å². The molecule has 0 aliphatic rings. The van der Waals surface area contributed by atoms with E-state index in [0.717, 1.165) is 25.7 Å². The Balaban J connectivity index is 3.05. The second-order valence-electron chi connectivity index (χ2n) is 2.32. The van der Waals surface area contributed by atoms with Crippen molar-refractivity contribution in [3.8, 4) is 11.8 Å². The molecular formula is C10H16NO. The van der Waals surface area contributed by atoms with E-state index < -0.39 is 0 Å². The van der Waals surface area contributed by atoms with Gasteiger partial charge >= 0.3 is 0 Å². The summed E-state index contributed by atoms with van der Waals surface area (Å²) in [5.41, 5.74) is 0. The zero-order chi connectivity index (χ0) is 9.07. The van der Waals surface area contributed by atoms with Gasteiger partial charge in [0, 0.05) is 19.1 Å². The van der Waals surface area contributed by atoms with Gasteiger partial charge in [-0.05, 0) is 26.2 Å². The summed E-state index contributed by atoms with van der Waals surface area (Å²) >= 11 is 0. The first-order valence-electron chi connectivity index (χ1n) is 4.21. The van der Waals surface area contributed by atoms with Gasteiger partial charge < -0.3 is 4.84 Å². The highest BCUT2D eigenvalue weighted by atomic mass is 16.6. The van der Waals surface area contributed by atoms with Crippen LogP contribution in [-0.2, 0) is 4.84 Å². The minimum atomic E-state index is 0.713. The molecule has 0 aromatic carbocycles.